The van der Waals surface area contributed by atoms with E-state index >= 15 is 0 Å². The lowest BCUT2D eigenvalue weighted by atomic mass is 10.1. The molecule has 2 rings (SSSR count). The van der Waals surface area contributed by atoms with Gasteiger partial charge in [0, 0.05) is 6.04 Å². The maximum Gasteiger partial charge on any atom is 0.180 e. The van der Waals surface area contributed by atoms with Gasteiger partial charge in [-0.15, -0.1) is 0 Å². The van der Waals surface area contributed by atoms with Gasteiger partial charge >= 0.3 is 0 Å². The number of sulfone groups is 1. The summed E-state index contributed by atoms with van der Waals surface area (Å²) in [6.07, 6.45) is 7.55. The van der Waals surface area contributed by atoms with Crippen molar-refractivity contribution in [2.45, 2.75) is 56.4 Å². The Labute approximate surface area is 122 Å². The summed E-state index contributed by atoms with van der Waals surface area (Å²) in [5.41, 5.74) is 0.943. The molecule has 112 valence electrons. The number of rotatable bonds is 8. The molecule has 1 aliphatic rings. The van der Waals surface area contributed by atoms with E-state index in [1.165, 1.54) is 32.1 Å². The fourth-order valence-corrected chi connectivity index (χ4v) is 4.57. The topological polar surface area (TPSA) is 46.2 Å². The third-order valence-corrected chi connectivity index (χ3v) is 5.75. The predicted octanol–water partition coefficient (Wildman–Crippen LogP) is 3.47. The molecule has 0 bridgehead atoms. The van der Waals surface area contributed by atoms with E-state index in [-0.39, 0.29) is 11.8 Å². The van der Waals surface area contributed by atoms with Gasteiger partial charge in [-0.25, -0.2) is 8.42 Å². The summed E-state index contributed by atoms with van der Waals surface area (Å²) in [4.78, 5) is 0.514. The molecule has 0 saturated carbocycles. The second-order valence-electron chi connectivity index (χ2n) is 5.59. The third kappa shape index (κ3) is 3.83. The Kier molecular flexibility index (Phi) is 5.61. The average molecular weight is 295 g/mol. The van der Waals surface area contributed by atoms with E-state index in [1.807, 2.05) is 12.1 Å². The molecule has 1 heterocycles. The summed E-state index contributed by atoms with van der Waals surface area (Å²) in [6.45, 7) is 3.13. The summed E-state index contributed by atoms with van der Waals surface area (Å²) >= 11 is 0. The molecule has 0 aliphatic carbocycles. The van der Waals surface area contributed by atoms with Crippen LogP contribution in [0.5, 0.6) is 0 Å². The van der Waals surface area contributed by atoms with E-state index < -0.39 is 9.84 Å². The second kappa shape index (κ2) is 7.23. The summed E-state index contributed by atoms with van der Waals surface area (Å²) < 4.78 is 24.1. The molecule has 0 radical (unpaired) electrons. The van der Waals surface area contributed by atoms with Gasteiger partial charge in [0.2, 0.25) is 0 Å². The SMILES string of the molecule is CCCCCCCCNC1CS(=O)(=O)c2ccccc21. The van der Waals surface area contributed by atoms with Gasteiger partial charge in [-0.1, -0.05) is 57.2 Å². The van der Waals surface area contributed by atoms with Crippen molar-refractivity contribution in [1.29, 1.82) is 0 Å². The first-order valence-corrected chi connectivity index (χ1v) is 9.35. The average Bonchev–Trinajstić information content (AvgIpc) is 2.70. The molecule has 0 aromatic heterocycles. The second-order valence-corrected chi connectivity index (χ2v) is 7.60. The third-order valence-electron chi connectivity index (χ3n) is 3.94. The van der Waals surface area contributed by atoms with Crippen LogP contribution in [0.2, 0.25) is 0 Å². The van der Waals surface area contributed by atoms with Crippen molar-refractivity contribution in [3.05, 3.63) is 29.8 Å². The van der Waals surface area contributed by atoms with Crippen molar-refractivity contribution in [3.8, 4) is 0 Å². The van der Waals surface area contributed by atoms with Crippen LogP contribution in [0.1, 0.15) is 57.1 Å². The lowest BCUT2D eigenvalue weighted by molar-refractivity contribution is 0.527. The molecule has 0 fully saturated rings. The van der Waals surface area contributed by atoms with Gasteiger partial charge in [0.1, 0.15) is 0 Å². The van der Waals surface area contributed by atoms with E-state index in [4.69, 9.17) is 0 Å². The molecule has 3 nitrogen and oxygen atoms in total. The Morgan fingerprint density at radius 3 is 2.60 bits per heavy atom. The van der Waals surface area contributed by atoms with Gasteiger partial charge in [-0.3, -0.25) is 0 Å². The zero-order chi connectivity index (χ0) is 14.4. The fraction of sp³-hybridized carbons (Fsp3) is 0.625. The first-order chi connectivity index (χ1) is 9.65. The number of fused-ring (bicyclic) bond motifs is 1. The number of unbranched alkanes of at least 4 members (excludes halogenated alkanes) is 5. The van der Waals surface area contributed by atoms with Gasteiger partial charge in [0.25, 0.3) is 0 Å². The van der Waals surface area contributed by atoms with E-state index in [0.717, 1.165) is 18.5 Å². The minimum absolute atomic E-state index is 0.0214. The highest BCUT2D eigenvalue weighted by Gasteiger charge is 2.33. The van der Waals surface area contributed by atoms with Crippen molar-refractivity contribution < 1.29 is 8.42 Å². The Balaban J connectivity index is 1.78. The van der Waals surface area contributed by atoms with Crippen LogP contribution in [0, 0.1) is 0 Å². The molecule has 20 heavy (non-hydrogen) atoms. The highest BCUT2D eigenvalue weighted by atomic mass is 32.2. The maximum atomic E-state index is 12.0. The molecule has 1 aliphatic heterocycles. The highest BCUT2D eigenvalue weighted by Crippen LogP contribution is 2.32. The van der Waals surface area contributed by atoms with Crippen LogP contribution >= 0.6 is 0 Å². The van der Waals surface area contributed by atoms with E-state index in [2.05, 4.69) is 12.2 Å². The molecule has 1 aromatic rings. The Hall–Kier alpha value is -0.870. The lowest BCUT2D eigenvalue weighted by Gasteiger charge is -2.12. The number of benzene rings is 1. The van der Waals surface area contributed by atoms with Crippen molar-refractivity contribution in [2.24, 2.45) is 0 Å². The fourth-order valence-electron chi connectivity index (χ4n) is 2.80. The Bertz CT molecular complexity index is 525. The van der Waals surface area contributed by atoms with Crippen molar-refractivity contribution in [1.82, 2.24) is 5.32 Å². The van der Waals surface area contributed by atoms with Gasteiger partial charge in [-0.05, 0) is 24.6 Å². The first kappa shape index (κ1) is 15.5. The summed E-state index contributed by atoms with van der Waals surface area (Å²) in [6, 6.07) is 7.34. The van der Waals surface area contributed by atoms with Crippen molar-refractivity contribution in [2.75, 3.05) is 12.3 Å². The van der Waals surface area contributed by atoms with Gasteiger partial charge in [0.15, 0.2) is 9.84 Å². The molecule has 4 heteroatoms. The highest BCUT2D eigenvalue weighted by molar-refractivity contribution is 7.91. The van der Waals surface area contributed by atoms with Crippen LogP contribution in [0.3, 0.4) is 0 Å². The van der Waals surface area contributed by atoms with Crippen LogP contribution in [0.25, 0.3) is 0 Å². The van der Waals surface area contributed by atoms with Crippen LogP contribution in [0.15, 0.2) is 29.2 Å². The zero-order valence-corrected chi connectivity index (χ0v) is 13.1. The Morgan fingerprint density at radius 2 is 1.80 bits per heavy atom. The quantitative estimate of drug-likeness (QED) is 0.747. The zero-order valence-electron chi connectivity index (χ0n) is 12.3. The normalized spacial score (nSPS) is 19.9. The van der Waals surface area contributed by atoms with Gasteiger partial charge in [-0.2, -0.15) is 0 Å². The summed E-state index contributed by atoms with van der Waals surface area (Å²) in [7, 11) is -3.07. The minimum Gasteiger partial charge on any atom is -0.309 e. The standard InChI is InChI=1S/C16H25NO2S/c1-2-3-4-5-6-9-12-17-15-13-20(18,19)16-11-8-7-10-14(15)16/h7-8,10-11,15,17H,2-6,9,12-13H2,1H3. The molecule has 1 aromatic carbocycles. The smallest absolute Gasteiger partial charge is 0.180 e. The molecule has 0 spiro atoms. The molecule has 1 N–H and O–H groups in total. The van der Waals surface area contributed by atoms with E-state index in [1.54, 1.807) is 12.1 Å². The largest absolute Gasteiger partial charge is 0.309 e. The number of nitrogens with one attached hydrogen (secondary N) is 1. The van der Waals surface area contributed by atoms with Crippen molar-refractivity contribution >= 4 is 9.84 Å². The van der Waals surface area contributed by atoms with Gasteiger partial charge < -0.3 is 5.32 Å². The van der Waals surface area contributed by atoms with Crippen LogP contribution in [-0.2, 0) is 9.84 Å². The predicted molar refractivity (Wildman–Crippen MR) is 82.6 cm³/mol. The van der Waals surface area contributed by atoms with Crippen LogP contribution in [-0.4, -0.2) is 20.7 Å². The molecule has 0 saturated heterocycles. The number of hydrogen-bond acceptors (Lipinski definition) is 3. The summed E-state index contributed by atoms with van der Waals surface area (Å²) in [5.74, 6) is 0.210. The minimum atomic E-state index is -3.07. The van der Waals surface area contributed by atoms with E-state index in [0.29, 0.717) is 4.90 Å². The monoisotopic (exact) mass is 295 g/mol. The van der Waals surface area contributed by atoms with Crippen LogP contribution in [0.4, 0.5) is 0 Å². The molecular weight excluding hydrogens is 270 g/mol. The summed E-state index contributed by atoms with van der Waals surface area (Å²) in [5, 5.41) is 3.41. The maximum absolute atomic E-state index is 12.0. The molecule has 0 amide bonds. The molecular formula is C16H25NO2S. The Morgan fingerprint density at radius 1 is 1.10 bits per heavy atom. The number of hydrogen-bond donors (Lipinski definition) is 1. The van der Waals surface area contributed by atoms with Gasteiger partial charge in [0.05, 0.1) is 10.6 Å². The van der Waals surface area contributed by atoms with Crippen molar-refractivity contribution in [3.63, 3.8) is 0 Å². The first-order valence-electron chi connectivity index (χ1n) is 7.70. The molecule has 1 atom stereocenters. The van der Waals surface area contributed by atoms with Crippen LogP contribution < -0.4 is 5.32 Å². The van der Waals surface area contributed by atoms with E-state index in [9.17, 15) is 8.42 Å². The lowest BCUT2D eigenvalue weighted by Crippen LogP contribution is -2.23. The molecule has 1 unspecified atom stereocenters.